The number of alkyl halides is 3. The van der Waals surface area contributed by atoms with Crippen molar-refractivity contribution in [2.75, 3.05) is 11.1 Å². The molecule has 0 radical (unpaired) electrons. The third kappa shape index (κ3) is 3.22. The summed E-state index contributed by atoms with van der Waals surface area (Å²) in [5, 5.41) is 2.84. The first-order chi connectivity index (χ1) is 9.27. The van der Waals surface area contributed by atoms with Gasteiger partial charge in [-0.05, 0) is 52.3 Å². The first kappa shape index (κ1) is 14.6. The molecule has 0 spiro atoms. The Kier molecular flexibility index (Phi) is 3.89. The standard InChI is InChI=1S/C13H9BrF4N2/c14-9-6-8(15)2-4-11(9)20-12-3-1-7(5-10(12)19)13(16,17)18/h1-6,20H,19H2. The van der Waals surface area contributed by atoms with Crippen molar-refractivity contribution >= 4 is 33.0 Å². The van der Waals surface area contributed by atoms with Gasteiger partial charge in [0.05, 0.1) is 22.6 Å². The zero-order valence-corrected chi connectivity index (χ0v) is 11.5. The molecule has 0 unspecified atom stereocenters. The van der Waals surface area contributed by atoms with Gasteiger partial charge in [-0.1, -0.05) is 0 Å². The summed E-state index contributed by atoms with van der Waals surface area (Å²) in [5.74, 6) is -0.428. The maximum Gasteiger partial charge on any atom is 0.416 e. The predicted molar refractivity (Wildman–Crippen MR) is 73.2 cm³/mol. The largest absolute Gasteiger partial charge is 0.416 e. The SMILES string of the molecule is Nc1cc(C(F)(F)F)ccc1Nc1ccc(F)cc1Br. The number of nitrogen functional groups attached to an aromatic ring is 1. The second-order valence-electron chi connectivity index (χ2n) is 4.05. The smallest absolute Gasteiger partial charge is 0.397 e. The molecule has 2 aromatic rings. The molecule has 7 heteroatoms. The lowest BCUT2D eigenvalue weighted by molar-refractivity contribution is -0.137. The molecule has 0 bridgehead atoms. The fourth-order valence-corrected chi connectivity index (χ4v) is 2.04. The fourth-order valence-electron chi connectivity index (χ4n) is 1.59. The van der Waals surface area contributed by atoms with Gasteiger partial charge in [0.15, 0.2) is 0 Å². The van der Waals surface area contributed by atoms with Crippen LogP contribution in [0.1, 0.15) is 5.56 Å². The van der Waals surface area contributed by atoms with E-state index in [1.54, 1.807) is 0 Å². The highest BCUT2D eigenvalue weighted by Gasteiger charge is 2.30. The minimum absolute atomic E-state index is 0.0453. The lowest BCUT2D eigenvalue weighted by Crippen LogP contribution is -2.06. The zero-order chi connectivity index (χ0) is 14.9. The maximum atomic E-state index is 12.9. The third-order valence-corrected chi connectivity index (χ3v) is 3.24. The van der Waals surface area contributed by atoms with Crippen LogP contribution in [0.5, 0.6) is 0 Å². The van der Waals surface area contributed by atoms with Gasteiger partial charge in [0.1, 0.15) is 5.82 Å². The van der Waals surface area contributed by atoms with Gasteiger partial charge in [0, 0.05) is 4.47 Å². The number of rotatable bonds is 2. The van der Waals surface area contributed by atoms with E-state index in [1.807, 2.05) is 0 Å². The average Bonchev–Trinajstić information content (AvgIpc) is 2.33. The molecule has 3 N–H and O–H groups in total. The number of halogens is 5. The second-order valence-corrected chi connectivity index (χ2v) is 4.90. The lowest BCUT2D eigenvalue weighted by atomic mass is 10.1. The summed E-state index contributed by atoms with van der Waals surface area (Å²) in [6.45, 7) is 0. The van der Waals surface area contributed by atoms with Gasteiger partial charge in [-0.25, -0.2) is 4.39 Å². The van der Waals surface area contributed by atoms with Crippen LogP contribution in [-0.4, -0.2) is 0 Å². The van der Waals surface area contributed by atoms with Crippen molar-refractivity contribution in [1.29, 1.82) is 0 Å². The van der Waals surface area contributed by atoms with Gasteiger partial charge in [0.25, 0.3) is 0 Å². The van der Waals surface area contributed by atoms with E-state index in [-0.39, 0.29) is 5.69 Å². The van der Waals surface area contributed by atoms with Crippen LogP contribution in [0.25, 0.3) is 0 Å². The van der Waals surface area contributed by atoms with Crippen molar-refractivity contribution in [3.8, 4) is 0 Å². The molecule has 2 nitrogen and oxygen atoms in total. The Morgan fingerprint density at radius 3 is 2.20 bits per heavy atom. The molecule has 2 aromatic carbocycles. The summed E-state index contributed by atoms with van der Waals surface area (Å²) in [7, 11) is 0. The molecule has 0 fully saturated rings. The molecule has 0 heterocycles. The van der Waals surface area contributed by atoms with Crippen LogP contribution in [0.3, 0.4) is 0 Å². The molecule has 0 amide bonds. The molecule has 0 aliphatic carbocycles. The van der Waals surface area contributed by atoms with Crippen molar-refractivity contribution in [2.24, 2.45) is 0 Å². The Bertz CT molecular complexity index is 641. The first-order valence-electron chi connectivity index (χ1n) is 5.46. The summed E-state index contributed by atoms with van der Waals surface area (Å²) >= 11 is 3.15. The van der Waals surface area contributed by atoms with E-state index >= 15 is 0 Å². The fraction of sp³-hybridized carbons (Fsp3) is 0.0769. The maximum absolute atomic E-state index is 12.9. The minimum atomic E-state index is -4.44. The zero-order valence-electron chi connectivity index (χ0n) is 9.93. The second kappa shape index (κ2) is 5.32. The normalized spacial score (nSPS) is 11.4. The third-order valence-electron chi connectivity index (χ3n) is 2.58. The highest BCUT2D eigenvalue weighted by atomic mass is 79.9. The molecule has 0 aliphatic heterocycles. The summed E-state index contributed by atoms with van der Waals surface area (Å²) in [5.41, 5.74) is 5.54. The van der Waals surface area contributed by atoms with Crippen LogP contribution in [-0.2, 0) is 6.18 Å². The molecule has 20 heavy (non-hydrogen) atoms. The van der Waals surface area contributed by atoms with Crippen molar-refractivity contribution in [2.45, 2.75) is 6.18 Å². The van der Waals surface area contributed by atoms with E-state index < -0.39 is 17.6 Å². The van der Waals surface area contributed by atoms with E-state index in [9.17, 15) is 17.6 Å². The van der Waals surface area contributed by atoms with Crippen LogP contribution >= 0.6 is 15.9 Å². The monoisotopic (exact) mass is 348 g/mol. The number of hydrogen-bond acceptors (Lipinski definition) is 2. The number of anilines is 3. The van der Waals surface area contributed by atoms with Crippen molar-refractivity contribution in [3.63, 3.8) is 0 Å². The molecule has 0 saturated carbocycles. The lowest BCUT2D eigenvalue weighted by Gasteiger charge is -2.13. The van der Waals surface area contributed by atoms with E-state index in [0.29, 0.717) is 15.8 Å². The Balaban J connectivity index is 2.30. The summed E-state index contributed by atoms with van der Waals surface area (Å²) in [6, 6.07) is 6.93. The quantitative estimate of drug-likeness (QED) is 0.596. The van der Waals surface area contributed by atoms with Crippen LogP contribution in [0.15, 0.2) is 40.9 Å². The molecule has 0 aromatic heterocycles. The molecular weight excluding hydrogens is 340 g/mol. The van der Waals surface area contributed by atoms with E-state index in [1.165, 1.54) is 24.3 Å². The summed E-state index contributed by atoms with van der Waals surface area (Å²) < 4.78 is 50.9. The van der Waals surface area contributed by atoms with Crippen LogP contribution in [0.2, 0.25) is 0 Å². The van der Waals surface area contributed by atoms with E-state index in [2.05, 4.69) is 21.2 Å². The van der Waals surface area contributed by atoms with Crippen LogP contribution in [0.4, 0.5) is 34.6 Å². The minimum Gasteiger partial charge on any atom is -0.397 e. The van der Waals surface area contributed by atoms with Gasteiger partial charge in [-0.15, -0.1) is 0 Å². The number of benzene rings is 2. The molecule has 0 atom stereocenters. The van der Waals surface area contributed by atoms with Gasteiger partial charge in [-0.3, -0.25) is 0 Å². The van der Waals surface area contributed by atoms with E-state index in [0.717, 1.165) is 12.1 Å². The molecule has 0 saturated heterocycles. The average molecular weight is 349 g/mol. The van der Waals surface area contributed by atoms with Gasteiger partial charge >= 0.3 is 6.18 Å². The van der Waals surface area contributed by atoms with Gasteiger partial charge in [-0.2, -0.15) is 13.2 Å². The Morgan fingerprint density at radius 2 is 1.65 bits per heavy atom. The molecule has 2 rings (SSSR count). The highest BCUT2D eigenvalue weighted by Crippen LogP contribution is 2.35. The Morgan fingerprint density at radius 1 is 1.00 bits per heavy atom. The number of nitrogens with two attached hydrogens (primary N) is 1. The summed E-state index contributed by atoms with van der Waals surface area (Å²) in [4.78, 5) is 0. The van der Waals surface area contributed by atoms with Crippen molar-refractivity contribution in [1.82, 2.24) is 0 Å². The topological polar surface area (TPSA) is 38.0 Å². The van der Waals surface area contributed by atoms with Crippen molar-refractivity contribution in [3.05, 3.63) is 52.3 Å². The van der Waals surface area contributed by atoms with Crippen molar-refractivity contribution < 1.29 is 17.6 Å². The molecule has 0 aliphatic rings. The first-order valence-corrected chi connectivity index (χ1v) is 6.25. The van der Waals surface area contributed by atoms with Gasteiger partial charge in [0.2, 0.25) is 0 Å². The Labute approximate surface area is 120 Å². The van der Waals surface area contributed by atoms with Crippen LogP contribution in [0, 0.1) is 5.82 Å². The van der Waals surface area contributed by atoms with E-state index in [4.69, 9.17) is 5.73 Å². The van der Waals surface area contributed by atoms with Crippen LogP contribution < -0.4 is 11.1 Å². The molecule has 106 valence electrons. The molecular formula is C13H9BrF4N2. The number of nitrogens with one attached hydrogen (secondary N) is 1. The summed E-state index contributed by atoms with van der Waals surface area (Å²) in [6.07, 6.45) is -4.44. The highest BCUT2D eigenvalue weighted by molar-refractivity contribution is 9.10. The predicted octanol–water partition coefficient (Wildman–Crippen LogP) is 4.93. The Hall–Kier alpha value is -1.76. The number of hydrogen-bond donors (Lipinski definition) is 2. The van der Waals surface area contributed by atoms with Gasteiger partial charge < -0.3 is 11.1 Å².